The fourth-order valence-corrected chi connectivity index (χ4v) is 5.38. The molecule has 0 aliphatic carbocycles. The molecule has 190 valence electrons. The Labute approximate surface area is 214 Å². The molecule has 10 nitrogen and oxygen atoms in total. The number of benzene rings is 1. The first-order valence-corrected chi connectivity index (χ1v) is 12.4. The lowest BCUT2D eigenvalue weighted by atomic mass is 10.1. The number of thiazole rings is 1. The lowest BCUT2D eigenvalue weighted by Gasteiger charge is -2.35. The lowest BCUT2D eigenvalue weighted by Crippen LogP contribution is -2.49. The summed E-state index contributed by atoms with van der Waals surface area (Å²) in [6.45, 7) is 4.75. The first kappa shape index (κ1) is 24.6. The van der Waals surface area contributed by atoms with Gasteiger partial charge in [-0.05, 0) is 31.5 Å². The number of aromatic nitrogens is 4. The highest BCUT2D eigenvalue weighted by Crippen LogP contribution is 2.30. The highest BCUT2D eigenvalue weighted by molar-refractivity contribution is 7.15. The Balaban J connectivity index is 1.44. The predicted molar refractivity (Wildman–Crippen MR) is 133 cm³/mol. The third-order valence-electron chi connectivity index (χ3n) is 6.12. The number of carbonyl (C=O) groups is 1. The van der Waals surface area contributed by atoms with Crippen LogP contribution >= 0.6 is 11.3 Å². The van der Waals surface area contributed by atoms with E-state index in [1.54, 1.807) is 27.9 Å². The van der Waals surface area contributed by atoms with Crippen LogP contribution in [-0.2, 0) is 22.5 Å². The molecule has 0 spiro atoms. The number of ether oxygens (including phenoxy) is 1. The van der Waals surface area contributed by atoms with Gasteiger partial charge in [0, 0.05) is 43.0 Å². The quantitative estimate of drug-likeness (QED) is 0.427. The summed E-state index contributed by atoms with van der Waals surface area (Å²) in [5.74, 6) is -0.985. The molecular weight excluding hydrogens is 499 g/mol. The molecule has 1 aromatic carbocycles. The molecule has 1 unspecified atom stereocenters. The molecule has 1 aliphatic heterocycles. The van der Waals surface area contributed by atoms with Crippen LogP contribution in [0.15, 0.2) is 41.6 Å². The maximum atomic E-state index is 13.5. The zero-order valence-corrected chi connectivity index (χ0v) is 20.9. The summed E-state index contributed by atoms with van der Waals surface area (Å²) in [7, 11) is 0. The van der Waals surface area contributed by atoms with E-state index in [4.69, 9.17) is 4.74 Å². The van der Waals surface area contributed by atoms with Crippen molar-refractivity contribution in [3.63, 3.8) is 0 Å². The van der Waals surface area contributed by atoms with Crippen LogP contribution in [0.3, 0.4) is 0 Å². The van der Waals surface area contributed by atoms with E-state index in [0.717, 1.165) is 4.88 Å². The van der Waals surface area contributed by atoms with E-state index >= 15 is 0 Å². The van der Waals surface area contributed by atoms with E-state index in [0.29, 0.717) is 30.1 Å². The fourth-order valence-electron chi connectivity index (χ4n) is 4.46. The van der Waals surface area contributed by atoms with Crippen LogP contribution in [0.4, 0.5) is 4.39 Å². The summed E-state index contributed by atoms with van der Waals surface area (Å²) in [5, 5.41) is 20.2. The number of rotatable bonds is 5. The number of imidazole rings is 1. The molecule has 3 aromatic heterocycles. The van der Waals surface area contributed by atoms with Crippen LogP contribution in [0, 0.1) is 17.1 Å². The number of fused-ring (bicyclic) bond motifs is 1. The van der Waals surface area contributed by atoms with Crippen molar-refractivity contribution >= 4 is 23.0 Å². The molecule has 1 fully saturated rings. The zero-order chi connectivity index (χ0) is 26.3. The number of aromatic hydroxyl groups is 1. The number of nitrogens with zero attached hydrogens (tertiary/aromatic N) is 6. The van der Waals surface area contributed by atoms with Gasteiger partial charge in [-0.2, -0.15) is 5.26 Å². The molecule has 4 heterocycles. The van der Waals surface area contributed by atoms with Gasteiger partial charge in [-0.15, -0.1) is 11.3 Å². The van der Waals surface area contributed by atoms with Gasteiger partial charge in [-0.1, -0.05) is 6.07 Å². The van der Waals surface area contributed by atoms with E-state index < -0.39 is 17.1 Å². The number of nitriles is 1. The second kappa shape index (κ2) is 9.76. The predicted octanol–water partition coefficient (Wildman–Crippen LogP) is 2.56. The number of morpholine rings is 1. The standard InChI is InChI=1S/C25H23FN6O4S/c1-14-11-31(12-15(2)36-14)20(33)13-30-5-6-32-24(35)22(34)21(29-25(30)32)23-28-10-19(37-23)8-16-3-4-18(26)7-17(16)9-27/h3-7,10,14-15,34H,8,11-13H2,1-2H3/t14-,15?/m0/s1. The number of hydrogen-bond donors (Lipinski definition) is 1. The Morgan fingerprint density at radius 1 is 1.30 bits per heavy atom. The Morgan fingerprint density at radius 2 is 2.05 bits per heavy atom. The van der Waals surface area contributed by atoms with Gasteiger partial charge in [0.15, 0.2) is 5.69 Å². The van der Waals surface area contributed by atoms with Gasteiger partial charge < -0.3 is 19.3 Å². The number of amides is 1. The number of halogens is 1. The van der Waals surface area contributed by atoms with Crippen molar-refractivity contribution in [1.82, 2.24) is 23.8 Å². The summed E-state index contributed by atoms with van der Waals surface area (Å²) in [6.07, 6.45) is 4.77. The summed E-state index contributed by atoms with van der Waals surface area (Å²) >= 11 is 1.20. The van der Waals surface area contributed by atoms with Crippen molar-refractivity contribution in [3.8, 4) is 22.5 Å². The zero-order valence-electron chi connectivity index (χ0n) is 20.1. The Bertz CT molecular complexity index is 1590. The third kappa shape index (κ3) is 4.83. The van der Waals surface area contributed by atoms with Crippen LogP contribution in [0.25, 0.3) is 16.5 Å². The molecule has 0 radical (unpaired) electrons. The molecule has 37 heavy (non-hydrogen) atoms. The van der Waals surface area contributed by atoms with Gasteiger partial charge in [-0.25, -0.2) is 18.8 Å². The van der Waals surface area contributed by atoms with Gasteiger partial charge >= 0.3 is 5.56 Å². The molecule has 12 heteroatoms. The monoisotopic (exact) mass is 522 g/mol. The highest BCUT2D eigenvalue weighted by atomic mass is 32.1. The molecular formula is C25H23FN6O4S. The van der Waals surface area contributed by atoms with Crippen molar-refractivity contribution in [2.45, 2.75) is 39.0 Å². The molecule has 1 aliphatic rings. The SMILES string of the molecule is CC1CN(C(=O)Cn2ccn3c(=O)c(O)c(-c4ncc(Cc5ccc(F)cc5C#N)s4)nc23)C[C@H](C)O1. The van der Waals surface area contributed by atoms with Gasteiger partial charge in [0.2, 0.25) is 17.4 Å². The Morgan fingerprint density at radius 3 is 2.78 bits per heavy atom. The van der Waals surface area contributed by atoms with Crippen molar-refractivity contribution in [3.05, 3.63) is 69.0 Å². The van der Waals surface area contributed by atoms with Crippen LogP contribution < -0.4 is 5.56 Å². The van der Waals surface area contributed by atoms with Crippen LogP contribution in [0.2, 0.25) is 0 Å². The molecule has 1 N–H and O–H groups in total. The highest BCUT2D eigenvalue weighted by Gasteiger charge is 2.27. The van der Waals surface area contributed by atoms with E-state index in [-0.39, 0.29) is 41.7 Å². The fraction of sp³-hybridized carbons (Fsp3) is 0.320. The smallest absolute Gasteiger partial charge is 0.302 e. The molecule has 1 amide bonds. The Kier molecular flexibility index (Phi) is 6.49. The molecule has 0 bridgehead atoms. The summed E-state index contributed by atoms with van der Waals surface area (Å²) in [6, 6.07) is 5.99. The maximum Gasteiger partial charge on any atom is 0.302 e. The van der Waals surface area contributed by atoms with Gasteiger partial charge in [0.05, 0.1) is 23.8 Å². The van der Waals surface area contributed by atoms with Crippen LogP contribution in [-0.4, -0.2) is 60.1 Å². The third-order valence-corrected chi connectivity index (χ3v) is 7.12. The van der Waals surface area contributed by atoms with Crippen LogP contribution in [0.1, 0.15) is 29.9 Å². The van der Waals surface area contributed by atoms with Crippen molar-refractivity contribution in [1.29, 1.82) is 5.26 Å². The molecule has 5 rings (SSSR count). The van der Waals surface area contributed by atoms with Crippen molar-refractivity contribution in [2.24, 2.45) is 0 Å². The topological polar surface area (TPSA) is 126 Å². The lowest BCUT2D eigenvalue weighted by molar-refractivity contribution is -0.143. The van der Waals surface area contributed by atoms with Crippen LogP contribution in [0.5, 0.6) is 5.75 Å². The summed E-state index contributed by atoms with van der Waals surface area (Å²) < 4.78 is 21.9. The molecule has 1 saturated heterocycles. The minimum Gasteiger partial charge on any atom is -0.501 e. The van der Waals surface area contributed by atoms with Gasteiger partial charge in [-0.3, -0.25) is 9.59 Å². The van der Waals surface area contributed by atoms with Crippen molar-refractivity contribution in [2.75, 3.05) is 13.1 Å². The van der Waals surface area contributed by atoms with E-state index in [1.807, 2.05) is 19.9 Å². The summed E-state index contributed by atoms with van der Waals surface area (Å²) in [4.78, 5) is 37.1. The number of hydrogen-bond acceptors (Lipinski definition) is 8. The first-order chi connectivity index (χ1) is 17.7. The average Bonchev–Trinajstić information content (AvgIpc) is 3.49. The van der Waals surface area contributed by atoms with E-state index in [9.17, 15) is 24.3 Å². The summed E-state index contributed by atoms with van der Waals surface area (Å²) in [5.41, 5.74) is 0.178. The number of carbonyl (C=O) groups excluding carboxylic acids is 1. The Hall–Kier alpha value is -4.08. The minimum atomic E-state index is -0.679. The molecule has 0 saturated carbocycles. The van der Waals surface area contributed by atoms with Crippen molar-refractivity contribution < 1.29 is 19.0 Å². The maximum absolute atomic E-state index is 13.5. The first-order valence-electron chi connectivity index (χ1n) is 11.6. The van der Waals surface area contributed by atoms with Gasteiger partial charge in [0.1, 0.15) is 17.4 Å². The second-order valence-corrected chi connectivity index (χ2v) is 10.1. The van der Waals surface area contributed by atoms with E-state index in [2.05, 4.69) is 9.97 Å². The largest absolute Gasteiger partial charge is 0.501 e. The average molecular weight is 523 g/mol. The van der Waals surface area contributed by atoms with Gasteiger partial charge in [0.25, 0.3) is 0 Å². The molecule has 4 aromatic rings. The normalized spacial score (nSPS) is 17.7. The second-order valence-electron chi connectivity index (χ2n) is 8.99. The molecule has 2 atom stereocenters. The van der Waals surface area contributed by atoms with E-state index in [1.165, 1.54) is 34.1 Å². The minimum absolute atomic E-state index is 0.00174.